The van der Waals surface area contributed by atoms with Gasteiger partial charge in [0.15, 0.2) is 0 Å². The Hall–Kier alpha value is -1.10. The van der Waals surface area contributed by atoms with Crippen LogP contribution < -0.4 is 5.32 Å². The Kier molecular flexibility index (Phi) is 6.12. The molecule has 1 aliphatic rings. The van der Waals surface area contributed by atoms with Gasteiger partial charge in [-0.1, -0.05) is 6.92 Å². The summed E-state index contributed by atoms with van der Waals surface area (Å²) in [6, 6.07) is -0.0987. The van der Waals surface area contributed by atoms with Gasteiger partial charge in [0.1, 0.15) is 0 Å². The zero-order valence-corrected chi connectivity index (χ0v) is 11.7. The van der Waals surface area contributed by atoms with Gasteiger partial charge >= 0.3 is 0 Å². The fourth-order valence-electron chi connectivity index (χ4n) is 2.07. The molecule has 0 aromatic heterocycles. The highest BCUT2D eigenvalue weighted by Gasteiger charge is 2.29. The van der Waals surface area contributed by atoms with E-state index in [-0.39, 0.29) is 24.4 Å². The number of hydrogen-bond donors (Lipinski definition) is 1. The predicted molar refractivity (Wildman–Crippen MR) is 71.2 cm³/mol. The molecule has 1 heterocycles. The molecule has 0 spiro atoms. The maximum absolute atomic E-state index is 12.2. The van der Waals surface area contributed by atoms with E-state index in [0.717, 1.165) is 25.8 Å². The van der Waals surface area contributed by atoms with Crippen LogP contribution in [0.15, 0.2) is 0 Å². The van der Waals surface area contributed by atoms with Crippen molar-refractivity contribution in [2.24, 2.45) is 0 Å². The van der Waals surface area contributed by atoms with Gasteiger partial charge in [-0.3, -0.25) is 9.59 Å². The smallest absolute Gasteiger partial charge is 0.241 e. The van der Waals surface area contributed by atoms with Crippen LogP contribution in [0.2, 0.25) is 0 Å². The second-order valence-corrected chi connectivity index (χ2v) is 4.82. The van der Waals surface area contributed by atoms with Gasteiger partial charge in [-0.15, -0.1) is 0 Å². The highest BCUT2D eigenvalue weighted by molar-refractivity contribution is 5.88. The Labute approximate surface area is 110 Å². The standard InChI is InChI=1S/C13H25N3O2/c1-4-8-14-11-7-6-9-16(13(11)18)10-12(17)15(3)5-2/h11,14H,4-10H2,1-3H3. The maximum Gasteiger partial charge on any atom is 0.241 e. The normalized spacial score (nSPS) is 20.1. The van der Waals surface area contributed by atoms with E-state index in [2.05, 4.69) is 12.2 Å². The van der Waals surface area contributed by atoms with Crippen LogP contribution in [0.3, 0.4) is 0 Å². The molecule has 1 unspecified atom stereocenters. The highest BCUT2D eigenvalue weighted by Crippen LogP contribution is 2.11. The molecule has 1 atom stereocenters. The largest absolute Gasteiger partial charge is 0.345 e. The summed E-state index contributed by atoms with van der Waals surface area (Å²) < 4.78 is 0. The molecule has 5 heteroatoms. The van der Waals surface area contributed by atoms with Crippen molar-refractivity contribution >= 4 is 11.8 Å². The zero-order valence-electron chi connectivity index (χ0n) is 11.7. The first-order valence-corrected chi connectivity index (χ1v) is 6.86. The Morgan fingerprint density at radius 3 is 2.83 bits per heavy atom. The fourth-order valence-corrected chi connectivity index (χ4v) is 2.07. The molecule has 1 N–H and O–H groups in total. The van der Waals surface area contributed by atoms with Crippen LogP contribution in [0.5, 0.6) is 0 Å². The third-order valence-corrected chi connectivity index (χ3v) is 3.40. The SMILES string of the molecule is CCCNC1CCCN(CC(=O)N(C)CC)C1=O. The molecular weight excluding hydrogens is 230 g/mol. The molecule has 0 aromatic rings. The van der Waals surface area contributed by atoms with Crippen LogP contribution >= 0.6 is 0 Å². The summed E-state index contributed by atoms with van der Waals surface area (Å²) in [5.74, 6) is 0.0922. The van der Waals surface area contributed by atoms with Gasteiger partial charge in [-0.2, -0.15) is 0 Å². The number of piperidine rings is 1. The molecule has 0 bridgehead atoms. The van der Waals surface area contributed by atoms with Crippen LogP contribution in [0, 0.1) is 0 Å². The van der Waals surface area contributed by atoms with Crippen LogP contribution in [0.25, 0.3) is 0 Å². The van der Waals surface area contributed by atoms with Gasteiger partial charge in [0.05, 0.1) is 12.6 Å². The minimum Gasteiger partial charge on any atom is -0.345 e. The van der Waals surface area contributed by atoms with Crippen LogP contribution in [0.4, 0.5) is 0 Å². The van der Waals surface area contributed by atoms with Crippen LogP contribution in [-0.2, 0) is 9.59 Å². The van der Waals surface area contributed by atoms with Crippen molar-refractivity contribution in [3.8, 4) is 0 Å². The monoisotopic (exact) mass is 255 g/mol. The summed E-state index contributed by atoms with van der Waals surface area (Å²) in [4.78, 5) is 27.3. The summed E-state index contributed by atoms with van der Waals surface area (Å²) in [6.45, 7) is 6.46. The van der Waals surface area contributed by atoms with Crippen molar-refractivity contribution in [1.82, 2.24) is 15.1 Å². The molecule has 1 saturated heterocycles. The molecule has 1 rings (SSSR count). The van der Waals surface area contributed by atoms with Crippen molar-refractivity contribution in [2.75, 3.05) is 33.2 Å². The van der Waals surface area contributed by atoms with Crippen LogP contribution in [0.1, 0.15) is 33.1 Å². The molecule has 0 radical (unpaired) electrons. The number of carbonyl (C=O) groups excluding carboxylic acids is 2. The van der Waals surface area contributed by atoms with Crippen molar-refractivity contribution in [1.29, 1.82) is 0 Å². The molecule has 1 aliphatic heterocycles. The highest BCUT2D eigenvalue weighted by atomic mass is 16.2. The zero-order chi connectivity index (χ0) is 13.5. The molecule has 104 valence electrons. The van der Waals surface area contributed by atoms with Gasteiger partial charge in [0, 0.05) is 20.1 Å². The predicted octanol–water partition coefficient (Wildman–Crippen LogP) is 0.455. The molecule has 0 aromatic carbocycles. The fraction of sp³-hybridized carbons (Fsp3) is 0.846. The summed E-state index contributed by atoms with van der Waals surface area (Å²) in [5, 5.41) is 3.25. The summed E-state index contributed by atoms with van der Waals surface area (Å²) in [6.07, 6.45) is 2.87. The second-order valence-electron chi connectivity index (χ2n) is 4.82. The van der Waals surface area contributed by atoms with E-state index in [0.29, 0.717) is 13.1 Å². The van der Waals surface area contributed by atoms with E-state index in [9.17, 15) is 9.59 Å². The van der Waals surface area contributed by atoms with Crippen molar-refractivity contribution in [2.45, 2.75) is 39.2 Å². The minimum absolute atomic E-state index is 0.0157. The number of nitrogens with zero attached hydrogens (tertiary/aromatic N) is 2. The summed E-state index contributed by atoms with van der Waals surface area (Å²) in [5.41, 5.74) is 0. The molecular formula is C13H25N3O2. The van der Waals surface area contributed by atoms with Gasteiger partial charge < -0.3 is 15.1 Å². The lowest BCUT2D eigenvalue weighted by Gasteiger charge is -2.33. The Morgan fingerprint density at radius 1 is 1.50 bits per heavy atom. The second kappa shape index (κ2) is 7.36. The lowest BCUT2D eigenvalue weighted by Crippen LogP contribution is -2.53. The van der Waals surface area contributed by atoms with Gasteiger partial charge in [-0.25, -0.2) is 0 Å². The topological polar surface area (TPSA) is 52.7 Å². The van der Waals surface area contributed by atoms with E-state index < -0.39 is 0 Å². The van der Waals surface area contributed by atoms with Crippen molar-refractivity contribution in [3.63, 3.8) is 0 Å². The molecule has 2 amide bonds. The molecule has 18 heavy (non-hydrogen) atoms. The summed E-state index contributed by atoms with van der Waals surface area (Å²) >= 11 is 0. The number of carbonyl (C=O) groups is 2. The molecule has 5 nitrogen and oxygen atoms in total. The lowest BCUT2D eigenvalue weighted by molar-refractivity contribution is -0.142. The van der Waals surface area contributed by atoms with Crippen LogP contribution in [-0.4, -0.2) is 60.9 Å². The Balaban J connectivity index is 2.50. The van der Waals surface area contributed by atoms with Gasteiger partial charge in [0.2, 0.25) is 11.8 Å². The van der Waals surface area contributed by atoms with E-state index in [4.69, 9.17) is 0 Å². The summed E-state index contributed by atoms with van der Waals surface area (Å²) in [7, 11) is 1.77. The quantitative estimate of drug-likeness (QED) is 0.750. The first-order chi connectivity index (χ1) is 8.60. The average Bonchev–Trinajstić information content (AvgIpc) is 2.38. The van der Waals surface area contributed by atoms with Gasteiger partial charge in [0.25, 0.3) is 0 Å². The van der Waals surface area contributed by atoms with Crippen molar-refractivity contribution < 1.29 is 9.59 Å². The van der Waals surface area contributed by atoms with Gasteiger partial charge in [-0.05, 0) is 32.7 Å². The third-order valence-electron chi connectivity index (χ3n) is 3.40. The molecule has 0 aliphatic carbocycles. The van der Waals surface area contributed by atoms with E-state index in [1.807, 2.05) is 6.92 Å². The first-order valence-electron chi connectivity index (χ1n) is 6.86. The molecule has 1 fully saturated rings. The Bertz CT molecular complexity index is 294. The first kappa shape index (κ1) is 15.0. The Morgan fingerprint density at radius 2 is 2.22 bits per heavy atom. The van der Waals surface area contributed by atoms with Crippen molar-refractivity contribution in [3.05, 3.63) is 0 Å². The number of likely N-dealkylation sites (N-methyl/N-ethyl adjacent to an activating group) is 1. The number of likely N-dealkylation sites (tertiary alicyclic amines) is 1. The minimum atomic E-state index is -0.0987. The van der Waals surface area contributed by atoms with E-state index in [1.54, 1.807) is 16.8 Å². The number of nitrogens with one attached hydrogen (secondary N) is 1. The molecule has 0 saturated carbocycles. The number of hydrogen-bond acceptors (Lipinski definition) is 3. The number of amides is 2. The number of rotatable bonds is 6. The van der Waals surface area contributed by atoms with E-state index in [1.165, 1.54) is 0 Å². The lowest BCUT2D eigenvalue weighted by atomic mass is 10.0. The van der Waals surface area contributed by atoms with E-state index >= 15 is 0 Å². The third kappa shape index (κ3) is 3.98. The maximum atomic E-state index is 12.2. The average molecular weight is 255 g/mol.